The van der Waals surface area contributed by atoms with Crippen LogP contribution >= 0.6 is 0 Å². The summed E-state index contributed by atoms with van der Waals surface area (Å²) in [6, 6.07) is 19.9. The van der Waals surface area contributed by atoms with Crippen LogP contribution in [0.2, 0.25) is 0 Å². The molecule has 0 radical (unpaired) electrons. The molecular weight excluding hydrogens is 322 g/mol. The SMILES string of the molecule is CC(NC(C)(C)CNC(=O)C(C)C(N)c1ccccc1)c1ccccc1. The average molecular weight is 354 g/mol. The zero-order chi connectivity index (χ0) is 19.2. The van der Waals surface area contributed by atoms with Gasteiger partial charge in [-0.2, -0.15) is 0 Å². The molecule has 0 aliphatic heterocycles. The van der Waals surface area contributed by atoms with Gasteiger partial charge < -0.3 is 16.4 Å². The Kier molecular flexibility index (Phi) is 6.95. The number of carbonyl (C=O) groups excluding carboxylic acids is 1. The van der Waals surface area contributed by atoms with E-state index in [-0.39, 0.29) is 29.4 Å². The van der Waals surface area contributed by atoms with E-state index in [1.807, 2.05) is 55.5 Å². The van der Waals surface area contributed by atoms with Gasteiger partial charge in [-0.15, -0.1) is 0 Å². The van der Waals surface area contributed by atoms with Crippen LogP contribution in [-0.2, 0) is 4.79 Å². The summed E-state index contributed by atoms with van der Waals surface area (Å²) in [7, 11) is 0. The van der Waals surface area contributed by atoms with E-state index in [2.05, 4.69) is 43.5 Å². The second kappa shape index (κ2) is 8.97. The van der Waals surface area contributed by atoms with Gasteiger partial charge in [-0.1, -0.05) is 67.6 Å². The third-order valence-corrected chi connectivity index (χ3v) is 4.75. The van der Waals surface area contributed by atoms with E-state index in [1.54, 1.807) is 0 Å². The number of hydrogen-bond acceptors (Lipinski definition) is 3. The fraction of sp³-hybridized carbons (Fsp3) is 0.409. The molecule has 2 aromatic carbocycles. The van der Waals surface area contributed by atoms with Crippen LogP contribution in [-0.4, -0.2) is 18.0 Å². The molecule has 0 heterocycles. The van der Waals surface area contributed by atoms with Crippen molar-refractivity contribution in [2.75, 3.05) is 6.54 Å². The molecule has 0 aromatic heterocycles. The van der Waals surface area contributed by atoms with E-state index in [1.165, 1.54) is 5.56 Å². The molecular formula is C22H31N3O. The molecule has 0 spiro atoms. The lowest BCUT2D eigenvalue weighted by Gasteiger charge is -2.31. The lowest BCUT2D eigenvalue weighted by atomic mass is 9.94. The molecule has 3 atom stereocenters. The first kappa shape index (κ1) is 20.1. The monoisotopic (exact) mass is 353 g/mol. The van der Waals surface area contributed by atoms with E-state index in [0.29, 0.717) is 6.54 Å². The van der Waals surface area contributed by atoms with E-state index in [4.69, 9.17) is 5.73 Å². The van der Waals surface area contributed by atoms with Gasteiger partial charge in [0.2, 0.25) is 5.91 Å². The van der Waals surface area contributed by atoms with Crippen LogP contribution < -0.4 is 16.4 Å². The lowest BCUT2D eigenvalue weighted by molar-refractivity contribution is -0.125. The molecule has 0 aliphatic carbocycles. The third kappa shape index (κ3) is 5.68. The summed E-state index contributed by atoms with van der Waals surface area (Å²) in [4.78, 5) is 12.5. The van der Waals surface area contributed by atoms with Crippen molar-refractivity contribution in [1.29, 1.82) is 0 Å². The highest BCUT2D eigenvalue weighted by molar-refractivity contribution is 5.79. The van der Waals surface area contributed by atoms with Crippen molar-refractivity contribution in [2.24, 2.45) is 11.7 Å². The molecule has 140 valence electrons. The highest BCUT2D eigenvalue weighted by Crippen LogP contribution is 2.20. The molecule has 4 N–H and O–H groups in total. The second-order valence-electron chi connectivity index (χ2n) is 7.60. The zero-order valence-corrected chi connectivity index (χ0v) is 16.2. The summed E-state index contributed by atoms with van der Waals surface area (Å²) in [6.45, 7) is 8.73. The predicted octanol–water partition coefficient (Wildman–Crippen LogP) is 3.57. The van der Waals surface area contributed by atoms with Crippen molar-refractivity contribution in [3.05, 3.63) is 71.8 Å². The van der Waals surface area contributed by atoms with E-state index in [9.17, 15) is 4.79 Å². The molecule has 4 heteroatoms. The molecule has 2 aromatic rings. The number of nitrogens with one attached hydrogen (secondary N) is 2. The first-order chi connectivity index (χ1) is 12.3. The van der Waals surface area contributed by atoms with Crippen LogP contribution in [0, 0.1) is 5.92 Å². The summed E-state index contributed by atoms with van der Waals surface area (Å²) < 4.78 is 0. The summed E-state index contributed by atoms with van der Waals surface area (Å²) >= 11 is 0. The number of benzene rings is 2. The summed E-state index contributed by atoms with van der Waals surface area (Å²) in [5.41, 5.74) is 8.23. The van der Waals surface area contributed by atoms with E-state index < -0.39 is 0 Å². The fourth-order valence-electron chi connectivity index (χ4n) is 3.06. The van der Waals surface area contributed by atoms with E-state index in [0.717, 1.165) is 5.56 Å². The van der Waals surface area contributed by atoms with Crippen LogP contribution in [0.15, 0.2) is 60.7 Å². The molecule has 26 heavy (non-hydrogen) atoms. The minimum Gasteiger partial charge on any atom is -0.354 e. The van der Waals surface area contributed by atoms with Crippen molar-refractivity contribution >= 4 is 5.91 Å². The van der Waals surface area contributed by atoms with Crippen LogP contribution in [0.4, 0.5) is 0 Å². The van der Waals surface area contributed by atoms with Crippen LogP contribution in [0.3, 0.4) is 0 Å². The third-order valence-electron chi connectivity index (χ3n) is 4.75. The Bertz CT molecular complexity index is 685. The average Bonchev–Trinajstić information content (AvgIpc) is 2.66. The standard InChI is InChI=1S/C22H31N3O/c1-16(20(23)19-13-9-6-10-14-19)21(26)24-15-22(3,4)25-17(2)18-11-7-5-8-12-18/h5-14,16-17,20,25H,15,23H2,1-4H3,(H,24,26). The second-order valence-corrected chi connectivity index (χ2v) is 7.60. The van der Waals surface area contributed by atoms with Gasteiger partial charge in [0, 0.05) is 24.2 Å². The first-order valence-corrected chi connectivity index (χ1v) is 9.21. The van der Waals surface area contributed by atoms with Gasteiger partial charge in [0.05, 0.1) is 5.92 Å². The van der Waals surface area contributed by atoms with Crippen molar-refractivity contribution < 1.29 is 4.79 Å². The maximum absolute atomic E-state index is 12.5. The number of rotatable bonds is 8. The van der Waals surface area contributed by atoms with Gasteiger partial charge in [-0.25, -0.2) is 0 Å². The normalized spacial score (nSPS) is 15.1. The topological polar surface area (TPSA) is 67.1 Å². The Labute approximate surface area is 157 Å². The van der Waals surface area contributed by atoms with Gasteiger partial charge in [-0.3, -0.25) is 4.79 Å². The van der Waals surface area contributed by atoms with Crippen LogP contribution in [0.1, 0.15) is 50.9 Å². The van der Waals surface area contributed by atoms with Crippen molar-refractivity contribution in [3.63, 3.8) is 0 Å². The predicted molar refractivity (Wildman–Crippen MR) is 108 cm³/mol. The number of hydrogen-bond donors (Lipinski definition) is 3. The molecule has 1 amide bonds. The summed E-state index contributed by atoms with van der Waals surface area (Å²) in [6.07, 6.45) is 0. The zero-order valence-electron chi connectivity index (χ0n) is 16.2. The molecule has 0 aliphatic rings. The molecule has 4 nitrogen and oxygen atoms in total. The Balaban J connectivity index is 1.88. The van der Waals surface area contributed by atoms with E-state index >= 15 is 0 Å². The van der Waals surface area contributed by atoms with Gasteiger partial charge in [-0.05, 0) is 31.9 Å². The number of nitrogens with two attached hydrogens (primary N) is 1. The molecule has 0 bridgehead atoms. The Morgan fingerprint density at radius 2 is 1.46 bits per heavy atom. The lowest BCUT2D eigenvalue weighted by Crippen LogP contribution is -2.51. The highest BCUT2D eigenvalue weighted by atomic mass is 16.1. The highest BCUT2D eigenvalue weighted by Gasteiger charge is 2.25. The fourth-order valence-corrected chi connectivity index (χ4v) is 3.06. The van der Waals surface area contributed by atoms with Gasteiger partial charge in [0.15, 0.2) is 0 Å². The van der Waals surface area contributed by atoms with Crippen molar-refractivity contribution in [2.45, 2.75) is 45.3 Å². The molecule has 3 unspecified atom stereocenters. The van der Waals surface area contributed by atoms with Gasteiger partial charge in [0.1, 0.15) is 0 Å². The molecule has 0 saturated carbocycles. The molecule has 0 fully saturated rings. The quantitative estimate of drug-likeness (QED) is 0.680. The van der Waals surface area contributed by atoms with Crippen molar-refractivity contribution in [3.8, 4) is 0 Å². The minimum atomic E-state index is -0.310. The first-order valence-electron chi connectivity index (χ1n) is 9.21. The smallest absolute Gasteiger partial charge is 0.224 e. The van der Waals surface area contributed by atoms with Gasteiger partial charge >= 0.3 is 0 Å². The largest absolute Gasteiger partial charge is 0.354 e. The molecule has 2 rings (SSSR count). The maximum Gasteiger partial charge on any atom is 0.224 e. The number of carbonyl (C=O) groups is 1. The summed E-state index contributed by atoms with van der Waals surface area (Å²) in [5, 5.41) is 6.63. The Morgan fingerprint density at radius 3 is 2.00 bits per heavy atom. The minimum absolute atomic E-state index is 0.0245. The van der Waals surface area contributed by atoms with Gasteiger partial charge in [0.25, 0.3) is 0 Å². The van der Waals surface area contributed by atoms with Crippen LogP contribution in [0.25, 0.3) is 0 Å². The number of amides is 1. The summed E-state index contributed by atoms with van der Waals surface area (Å²) in [5.74, 6) is -0.316. The maximum atomic E-state index is 12.5. The Hall–Kier alpha value is -2.17. The Morgan fingerprint density at radius 1 is 0.962 bits per heavy atom. The van der Waals surface area contributed by atoms with Crippen molar-refractivity contribution in [1.82, 2.24) is 10.6 Å². The van der Waals surface area contributed by atoms with Crippen LogP contribution in [0.5, 0.6) is 0 Å². The molecule has 0 saturated heterocycles.